The van der Waals surface area contributed by atoms with E-state index in [1.807, 2.05) is 12.1 Å². The zero-order chi connectivity index (χ0) is 21.3. The van der Waals surface area contributed by atoms with Crippen LogP contribution in [0.5, 0.6) is 5.75 Å². The molecule has 2 heterocycles. The Morgan fingerprint density at radius 2 is 2.17 bits per heavy atom. The van der Waals surface area contributed by atoms with Crippen molar-refractivity contribution in [2.45, 2.75) is 12.8 Å². The van der Waals surface area contributed by atoms with Gasteiger partial charge in [0.05, 0.1) is 12.8 Å². The van der Waals surface area contributed by atoms with Crippen LogP contribution in [-0.4, -0.2) is 34.4 Å². The van der Waals surface area contributed by atoms with E-state index in [1.165, 1.54) is 23.6 Å². The molecule has 1 saturated carbocycles. The van der Waals surface area contributed by atoms with Crippen LogP contribution in [0.1, 0.15) is 18.4 Å². The van der Waals surface area contributed by atoms with Gasteiger partial charge >= 0.3 is 0 Å². The van der Waals surface area contributed by atoms with Crippen molar-refractivity contribution >= 4 is 28.5 Å². The van der Waals surface area contributed by atoms with Crippen LogP contribution in [0.4, 0.5) is 5.95 Å². The van der Waals surface area contributed by atoms with Gasteiger partial charge in [-0.25, -0.2) is 9.97 Å². The molecule has 4 rings (SSSR count). The Kier molecular flexibility index (Phi) is 5.22. The van der Waals surface area contributed by atoms with Crippen LogP contribution in [0.3, 0.4) is 0 Å². The van der Waals surface area contributed by atoms with Crippen molar-refractivity contribution in [3.05, 3.63) is 52.7 Å². The van der Waals surface area contributed by atoms with Gasteiger partial charge in [-0.2, -0.15) is 0 Å². The standard InChI is InChI=1S/C22H24N6O2/c1-25-9-15(8-23)14-5-6-16-17(7-14)18(11-28(2)21(16)29)20-19(10-26-22(24)27-20)30-12-13-3-4-13/h5-11,13H,3-4,12,23H2,1-2H3,(H2,24,26,27). The molecule has 0 saturated heterocycles. The molecule has 0 spiro atoms. The molecular weight excluding hydrogens is 380 g/mol. The van der Waals surface area contributed by atoms with Gasteiger partial charge in [0.25, 0.3) is 5.56 Å². The van der Waals surface area contributed by atoms with Gasteiger partial charge in [-0.15, -0.1) is 0 Å². The Hall–Kier alpha value is -3.68. The number of aryl methyl sites for hydroxylation is 1. The summed E-state index contributed by atoms with van der Waals surface area (Å²) >= 11 is 0. The highest BCUT2D eigenvalue weighted by molar-refractivity contribution is 6.11. The maximum absolute atomic E-state index is 12.8. The lowest BCUT2D eigenvalue weighted by atomic mass is 9.98. The van der Waals surface area contributed by atoms with Gasteiger partial charge < -0.3 is 20.8 Å². The van der Waals surface area contributed by atoms with E-state index in [4.69, 9.17) is 16.2 Å². The Morgan fingerprint density at radius 1 is 1.37 bits per heavy atom. The molecule has 1 fully saturated rings. The van der Waals surface area contributed by atoms with Gasteiger partial charge in [0.2, 0.25) is 5.95 Å². The molecule has 0 aliphatic heterocycles. The number of anilines is 1. The Labute approximate surface area is 173 Å². The maximum Gasteiger partial charge on any atom is 0.258 e. The molecule has 0 radical (unpaired) electrons. The number of ether oxygens (including phenoxy) is 1. The summed E-state index contributed by atoms with van der Waals surface area (Å²) in [5.41, 5.74) is 14.5. The van der Waals surface area contributed by atoms with Crippen molar-refractivity contribution in [3.8, 4) is 17.0 Å². The molecule has 0 amide bonds. The normalized spacial score (nSPS) is 14.5. The average Bonchev–Trinajstić information content (AvgIpc) is 3.58. The summed E-state index contributed by atoms with van der Waals surface area (Å²) in [6.45, 7) is 0.613. The molecule has 154 valence electrons. The van der Waals surface area contributed by atoms with Crippen LogP contribution in [0.15, 0.2) is 46.6 Å². The van der Waals surface area contributed by atoms with Crippen molar-refractivity contribution in [3.63, 3.8) is 0 Å². The van der Waals surface area contributed by atoms with Gasteiger partial charge in [-0.1, -0.05) is 6.07 Å². The van der Waals surface area contributed by atoms with E-state index in [1.54, 1.807) is 38.8 Å². The molecule has 0 unspecified atom stereocenters. The Morgan fingerprint density at radius 3 is 2.87 bits per heavy atom. The molecule has 4 N–H and O–H groups in total. The average molecular weight is 404 g/mol. The summed E-state index contributed by atoms with van der Waals surface area (Å²) in [5.74, 6) is 1.26. The predicted octanol–water partition coefficient (Wildman–Crippen LogP) is 2.37. The highest BCUT2D eigenvalue weighted by Gasteiger charge is 2.23. The van der Waals surface area contributed by atoms with Crippen molar-refractivity contribution < 1.29 is 4.74 Å². The molecule has 0 bridgehead atoms. The van der Waals surface area contributed by atoms with Gasteiger partial charge in [-0.05, 0) is 41.8 Å². The number of aromatic nitrogens is 3. The zero-order valence-electron chi connectivity index (χ0n) is 17.0. The summed E-state index contributed by atoms with van der Waals surface area (Å²) in [6, 6.07) is 5.56. The molecule has 30 heavy (non-hydrogen) atoms. The van der Waals surface area contributed by atoms with Crippen LogP contribution in [0.25, 0.3) is 27.6 Å². The van der Waals surface area contributed by atoms with Crippen LogP contribution in [-0.2, 0) is 7.05 Å². The Bertz CT molecular complexity index is 1220. The van der Waals surface area contributed by atoms with Crippen LogP contribution in [0.2, 0.25) is 0 Å². The number of nitrogen functional groups attached to an aromatic ring is 1. The van der Waals surface area contributed by atoms with E-state index in [2.05, 4.69) is 15.0 Å². The van der Waals surface area contributed by atoms with Crippen LogP contribution in [0, 0.1) is 5.92 Å². The quantitative estimate of drug-likeness (QED) is 0.608. The fourth-order valence-corrected chi connectivity index (χ4v) is 3.36. The molecule has 3 aromatic rings. The number of nitrogens with two attached hydrogens (primary N) is 2. The Balaban J connectivity index is 1.95. The van der Waals surface area contributed by atoms with Gasteiger partial charge in [0, 0.05) is 49.2 Å². The van der Waals surface area contributed by atoms with Crippen molar-refractivity contribution in [2.75, 3.05) is 19.4 Å². The minimum absolute atomic E-state index is 0.106. The summed E-state index contributed by atoms with van der Waals surface area (Å²) in [4.78, 5) is 25.4. The number of allylic oxidation sites excluding steroid dienone is 1. The van der Waals surface area contributed by atoms with E-state index >= 15 is 0 Å². The minimum Gasteiger partial charge on any atom is -0.489 e. The summed E-state index contributed by atoms with van der Waals surface area (Å²) in [7, 11) is 3.39. The minimum atomic E-state index is -0.106. The number of hydrogen-bond donors (Lipinski definition) is 2. The zero-order valence-corrected chi connectivity index (χ0v) is 17.0. The second-order valence-corrected chi connectivity index (χ2v) is 7.42. The first kappa shape index (κ1) is 19.6. The highest BCUT2D eigenvalue weighted by atomic mass is 16.5. The van der Waals surface area contributed by atoms with E-state index in [0.29, 0.717) is 29.4 Å². The largest absolute Gasteiger partial charge is 0.489 e. The van der Waals surface area contributed by atoms with Crippen molar-refractivity contribution in [2.24, 2.45) is 23.7 Å². The molecular formula is C22H24N6O2. The topological polar surface area (TPSA) is 121 Å². The number of fused-ring (bicyclic) bond motifs is 1. The molecule has 1 aliphatic carbocycles. The number of pyridine rings is 1. The third kappa shape index (κ3) is 3.76. The smallest absolute Gasteiger partial charge is 0.258 e. The van der Waals surface area contributed by atoms with Gasteiger partial charge in [0.15, 0.2) is 5.75 Å². The second kappa shape index (κ2) is 7.98. The summed E-state index contributed by atoms with van der Waals surface area (Å²) in [6.07, 6.45) is 8.85. The van der Waals surface area contributed by atoms with E-state index in [-0.39, 0.29) is 11.5 Å². The van der Waals surface area contributed by atoms with Crippen LogP contribution >= 0.6 is 0 Å². The molecule has 1 aromatic carbocycles. The maximum atomic E-state index is 12.8. The fraction of sp³-hybridized carbons (Fsp3) is 0.273. The molecule has 8 nitrogen and oxygen atoms in total. The van der Waals surface area contributed by atoms with E-state index in [0.717, 1.165) is 22.1 Å². The first-order valence-corrected chi connectivity index (χ1v) is 9.75. The molecule has 8 heteroatoms. The van der Waals surface area contributed by atoms with Gasteiger partial charge in [-0.3, -0.25) is 9.79 Å². The molecule has 1 aliphatic rings. The molecule has 0 atom stereocenters. The van der Waals surface area contributed by atoms with E-state index in [9.17, 15) is 4.79 Å². The predicted molar refractivity (Wildman–Crippen MR) is 119 cm³/mol. The number of benzene rings is 1. The first-order chi connectivity index (χ1) is 14.5. The SMILES string of the molecule is CN=CC(=CN)c1ccc2c(=O)n(C)cc(-c3nc(N)ncc3OCC3CC3)c2c1. The lowest BCUT2D eigenvalue weighted by molar-refractivity contribution is 0.299. The van der Waals surface area contributed by atoms with Gasteiger partial charge in [0.1, 0.15) is 5.69 Å². The fourth-order valence-electron chi connectivity index (χ4n) is 3.36. The number of nitrogens with zero attached hydrogens (tertiary/aromatic N) is 4. The lowest BCUT2D eigenvalue weighted by Crippen LogP contribution is -2.17. The third-order valence-electron chi connectivity index (χ3n) is 5.16. The first-order valence-electron chi connectivity index (χ1n) is 9.75. The summed E-state index contributed by atoms with van der Waals surface area (Å²) < 4.78 is 7.54. The molecule has 2 aromatic heterocycles. The second-order valence-electron chi connectivity index (χ2n) is 7.42. The lowest BCUT2D eigenvalue weighted by Gasteiger charge is -2.14. The van der Waals surface area contributed by atoms with Crippen molar-refractivity contribution in [1.82, 2.24) is 14.5 Å². The highest BCUT2D eigenvalue weighted by Crippen LogP contribution is 2.35. The number of rotatable bonds is 6. The number of hydrogen-bond acceptors (Lipinski definition) is 7. The number of aliphatic imine (C=N–C) groups is 1. The monoisotopic (exact) mass is 404 g/mol. The van der Waals surface area contributed by atoms with E-state index < -0.39 is 0 Å². The third-order valence-corrected chi connectivity index (χ3v) is 5.16. The van der Waals surface area contributed by atoms with Crippen molar-refractivity contribution in [1.29, 1.82) is 0 Å². The van der Waals surface area contributed by atoms with Crippen LogP contribution < -0.4 is 21.8 Å². The summed E-state index contributed by atoms with van der Waals surface area (Å²) in [5, 5.41) is 1.29.